The van der Waals surface area contributed by atoms with Crippen LogP contribution in [0.15, 0.2) is 78.9 Å². The van der Waals surface area contributed by atoms with Crippen molar-refractivity contribution in [3.05, 3.63) is 84.4 Å². The van der Waals surface area contributed by atoms with E-state index in [9.17, 15) is 9.59 Å². The number of para-hydroxylation sites is 3. The summed E-state index contributed by atoms with van der Waals surface area (Å²) >= 11 is 0. The van der Waals surface area contributed by atoms with Gasteiger partial charge in [-0.1, -0.05) is 30.3 Å². The van der Waals surface area contributed by atoms with E-state index < -0.39 is 0 Å². The van der Waals surface area contributed by atoms with Crippen molar-refractivity contribution in [1.29, 1.82) is 0 Å². The number of urea groups is 1. The summed E-state index contributed by atoms with van der Waals surface area (Å²) in [6.07, 6.45) is 0. The van der Waals surface area contributed by atoms with E-state index in [1.165, 1.54) is 0 Å². The summed E-state index contributed by atoms with van der Waals surface area (Å²) in [7, 11) is 0. The average Bonchev–Trinajstić information content (AvgIpc) is 2.81. The van der Waals surface area contributed by atoms with Crippen LogP contribution in [0.5, 0.6) is 11.5 Å². The molecule has 6 nitrogen and oxygen atoms in total. The van der Waals surface area contributed by atoms with Gasteiger partial charge < -0.3 is 19.9 Å². The first-order valence-electron chi connectivity index (χ1n) is 10.3. The second-order valence-electron chi connectivity index (χ2n) is 7.42. The number of hydrogen-bond acceptors (Lipinski definition) is 4. The molecule has 0 aromatic heterocycles. The smallest absolute Gasteiger partial charge is 0.322 e. The van der Waals surface area contributed by atoms with Crippen molar-refractivity contribution in [1.82, 2.24) is 4.90 Å². The van der Waals surface area contributed by atoms with Gasteiger partial charge in [-0.05, 0) is 55.5 Å². The maximum absolute atomic E-state index is 12.8. The Morgan fingerprint density at radius 3 is 2.13 bits per heavy atom. The number of benzene rings is 3. The van der Waals surface area contributed by atoms with E-state index in [1.54, 1.807) is 11.8 Å². The SMILES string of the molecule is CC(=O)c1ccc(N2CCN(C(=O)Nc3ccccc3Oc3ccccc3)CC2)cc1. The second kappa shape index (κ2) is 9.34. The maximum atomic E-state index is 12.8. The fourth-order valence-electron chi connectivity index (χ4n) is 3.54. The molecule has 1 heterocycles. The van der Waals surface area contributed by atoms with E-state index in [0.29, 0.717) is 35.8 Å². The highest BCUT2D eigenvalue weighted by atomic mass is 16.5. The maximum Gasteiger partial charge on any atom is 0.322 e. The Morgan fingerprint density at radius 2 is 1.45 bits per heavy atom. The molecule has 1 N–H and O–H groups in total. The zero-order valence-corrected chi connectivity index (χ0v) is 17.5. The molecule has 158 valence electrons. The van der Waals surface area contributed by atoms with Crippen molar-refractivity contribution in [2.75, 3.05) is 36.4 Å². The number of Topliss-reactive ketones (excluding diaryl/α,β-unsaturated/α-hetero) is 1. The highest BCUT2D eigenvalue weighted by Gasteiger charge is 2.22. The Labute approximate surface area is 182 Å². The normalized spacial score (nSPS) is 13.6. The molecule has 0 bridgehead atoms. The Hall–Kier alpha value is -3.80. The molecule has 4 rings (SSSR count). The summed E-state index contributed by atoms with van der Waals surface area (Å²) in [5, 5.41) is 2.98. The fourth-order valence-corrected chi connectivity index (χ4v) is 3.54. The molecule has 1 saturated heterocycles. The van der Waals surface area contributed by atoms with Crippen LogP contribution in [0.3, 0.4) is 0 Å². The molecule has 3 aromatic carbocycles. The van der Waals surface area contributed by atoms with Gasteiger partial charge in [0.2, 0.25) is 0 Å². The van der Waals surface area contributed by atoms with Crippen LogP contribution >= 0.6 is 0 Å². The molecule has 3 aromatic rings. The van der Waals surface area contributed by atoms with Crippen molar-refractivity contribution in [3.8, 4) is 11.5 Å². The number of piperazine rings is 1. The predicted molar refractivity (Wildman–Crippen MR) is 122 cm³/mol. The van der Waals surface area contributed by atoms with Crippen molar-refractivity contribution in [2.45, 2.75) is 6.92 Å². The Bertz CT molecular complexity index is 1040. The van der Waals surface area contributed by atoms with E-state index in [-0.39, 0.29) is 11.8 Å². The fraction of sp³-hybridized carbons (Fsp3) is 0.200. The number of nitrogens with zero attached hydrogens (tertiary/aromatic N) is 2. The highest BCUT2D eigenvalue weighted by molar-refractivity contribution is 5.94. The third-order valence-electron chi connectivity index (χ3n) is 5.31. The molecular weight excluding hydrogens is 390 g/mol. The lowest BCUT2D eigenvalue weighted by atomic mass is 10.1. The number of carbonyl (C=O) groups is 2. The predicted octanol–water partition coefficient (Wildman–Crippen LogP) is 5.04. The molecule has 0 saturated carbocycles. The van der Waals surface area contributed by atoms with E-state index in [4.69, 9.17) is 4.74 Å². The molecule has 0 spiro atoms. The highest BCUT2D eigenvalue weighted by Crippen LogP contribution is 2.29. The van der Waals surface area contributed by atoms with Gasteiger partial charge in [-0.15, -0.1) is 0 Å². The van der Waals surface area contributed by atoms with Gasteiger partial charge in [0.1, 0.15) is 5.75 Å². The first-order chi connectivity index (χ1) is 15.1. The third-order valence-corrected chi connectivity index (χ3v) is 5.31. The van der Waals surface area contributed by atoms with Crippen molar-refractivity contribution in [3.63, 3.8) is 0 Å². The minimum atomic E-state index is -0.143. The van der Waals surface area contributed by atoms with E-state index in [0.717, 1.165) is 18.8 Å². The number of ketones is 1. The largest absolute Gasteiger partial charge is 0.455 e. The molecule has 0 atom stereocenters. The number of carbonyl (C=O) groups excluding carboxylic acids is 2. The molecule has 1 aliphatic heterocycles. The average molecular weight is 415 g/mol. The summed E-state index contributed by atoms with van der Waals surface area (Å²) in [6, 6.07) is 24.4. The van der Waals surface area contributed by atoms with Gasteiger partial charge >= 0.3 is 6.03 Å². The van der Waals surface area contributed by atoms with E-state index in [1.807, 2.05) is 78.9 Å². The topological polar surface area (TPSA) is 61.9 Å². The minimum Gasteiger partial charge on any atom is -0.455 e. The number of ether oxygens (including phenoxy) is 1. The quantitative estimate of drug-likeness (QED) is 0.594. The number of rotatable bonds is 5. The summed E-state index contributed by atoms with van der Waals surface area (Å²) in [5.74, 6) is 1.38. The molecule has 2 amide bonds. The third kappa shape index (κ3) is 5.04. The Morgan fingerprint density at radius 1 is 0.806 bits per heavy atom. The van der Waals surface area contributed by atoms with E-state index >= 15 is 0 Å². The lowest BCUT2D eigenvalue weighted by Crippen LogP contribution is -2.50. The zero-order chi connectivity index (χ0) is 21.6. The Kier molecular flexibility index (Phi) is 6.17. The standard InChI is InChI=1S/C25H25N3O3/c1-19(29)20-11-13-21(14-12-20)27-15-17-28(18-16-27)25(30)26-23-9-5-6-10-24(23)31-22-7-3-2-4-8-22/h2-14H,15-18H2,1H3,(H,26,30). The second-order valence-corrected chi connectivity index (χ2v) is 7.42. The van der Waals surface area contributed by atoms with Crippen LogP contribution in [0.1, 0.15) is 17.3 Å². The molecular formula is C25H25N3O3. The van der Waals surface area contributed by atoms with Crippen LogP contribution in [0, 0.1) is 0 Å². The molecule has 1 fully saturated rings. The van der Waals surface area contributed by atoms with Gasteiger partial charge in [0.05, 0.1) is 5.69 Å². The van der Waals surface area contributed by atoms with Gasteiger partial charge in [0.15, 0.2) is 11.5 Å². The monoisotopic (exact) mass is 415 g/mol. The summed E-state index contributed by atoms with van der Waals surface area (Å²) in [4.78, 5) is 28.3. The van der Waals surface area contributed by atoms with Gasteiger partial charge in [-0.25, -0.2) is 4.79 Å². The molecule has 31 heavy (non-hydrogen) atoms. The summed E-state index contributed by atoms with van der Waals surface area (Å²) in [5.41, 5.74) is 2.41. The summed E-state index contributed by atoms with van der Waals surface area (Å²) in [6.45, 7) is 4.25. The Balaban J connectivity index is 1.36. The van der Waals surface area contributed by atoms with Crippen LogP contribution in [0.2, 0.25) is 0 Å². The van der Waals surface area contributed by atoms with Crippen LogP contribution in [-0.2, 0) is 0 Å². The van der Waals surface area contributed by atoms with Crippen LogP contribution in [0.4, 0.5) is 16.2 Å². The molecule has 1 aliphatic rings. The number of amides is 2. The number of nitrogens with one attached hydrogen (secondary N) is 1. The van der Waals surface area contributed by atoms with Crippen molar-refractivity contribution < 1.29 is 14.3 Å². The van der Waals surface area contributed by atoms with Crippen LogP contribution < -0.4 is 15.0 Å². The molecule has 0 radical (unpaired) electrons. The molecule has 0 unspecified atom stereocenters. The first-order valence-corrected chi connectivity index (χ1v) is 10.3. The van der Waals surface area contributed by atoms with E-state index in [2.05, 4.69) is 10.2 Å². The van der Waals surface area contributed by atoms with Crippen LogP contribution in [-0.4, -0.2) is 42.9 Å². The lowest BCUT2D eigenvalue weighted by molar-refractivity contribution is 0.101. The van der Waals surface area contributed by atoms with Gasteiger partial charge in [-0.3, -0.25) is 4.79 Å². The number of hydrogen-bond donors (Lipinski definition) is 1. The molecule has 6 heteroatoms. The van der Waals surface area contributed by atoms with Gasteiger partial charge in [0.25, 0.3) is 0 Å². The van der Waals surface area contributed by atoms with Gasteiger partial charge in [0, 0.05) is 37.4 Å². The van der Waals surface area contributed by atoms with Crippen LogP contribution in [0.25, 0.3) is 0 Å². The summed E-state index contributed by atoms with van der Waals surface area (Å²) < 4.78 is 5.93. The zero-order valence-electron chi connectivity index (χ0n) is 17.5. The van der Waals surface area contributed by atoms with Crippen molar-refractivity contribution in [2.24, 2.45) is 0 Å². The number of anilines is 2. The lowest BCUT2D eigenvalue weighted by Gasteiger charge is -2.36. The molecule has 0 aliphatic carbocycles. The minimum absolute atomic E-state index is 0.0598. The van der Waals surface area contributed by atoms with Gasteiger partial charge in [-0.2, -0.15) is 0 Å². The first kappa shape index (κ1) is 20.5. The van der Waals surface area contributed by atoms with Crippen molar-refractivity contribution >= 4 is 23.2 Å².